The molecule has 2 N–H and O–H groups in total. The zero-order valence-corrected chi connectivity index (χ0v) is 47.6. The van der Waals surface area contributed by atoms with E-state index in [-0.39, 0.29) is 149 Å². The van der Waals surface area contributed by atoms with Gasteiger partial charge < -0.3 is 30.6 Å². The normalized spacial score (nSPS) is 13.2. The molecule has 0 saturated heterocycles. The first-order chi connectivity index (χ1) is 32.4. The van der Waals surface area contributed by atoms with Gasteiger partial charge in [-0.2, -0.15) is 0 Å². The summed E-state index contributed by atoms with van der Waals surface area (Å²) < 4.78 is 41.6. The van der Waals surface area contributed by atoms with Crippen LogP contribution in [0.2, 0.25) is 20.1 Å². The third kappa shape index (κ3) is 9.11. The molecule has 0 unspecified atom stereocenters. The monoisotopic (exact) mass is 1060 g/mol. The van der Waals surface area contributed by atoms with Crippen LogP contribution in [0.25, 0.3) is 88.4 Å². The van der Waals surface area contributed by atoms with Crippen molar-refractivity contribution in [2.45, 2.75) is 38.5 Å². The summed E-state index contributed by atoms with van der Waals surface area (Å²) in [6, 6.07) is 35.8. The van der Waals surface area contributed by atoms with Gasteiger partial charge in [-0.25, -0.2) is 8.78 Å². The van der Waals surface area contributed by atoms with E-state index in [0.29, 0.717) is 21.2 Å². The summed E-state index contributed by atoms with van der Waals surface area (Å²) in [6.07, 6.45) is 0. The maximum atomic E-state index is 14.6. The van der Waals surface area contributed by atoms with E-state index >= 15 is 0 Å². The number of phenolic OH excluding ortho intramolecular Hbond substituents is 2. The Morgan fingerprint density at radius 3 is 1.14 bits per heavy atom. The molecule has 12 rings (SSSR count). The van der Waals surface area contributed by atoms with Gasteiger partial charge in [0, 0.05) is 86.9 Å². The van der Waals surface area contributed by atoms with E-state index in [1.54, 1.807) is 36.4 Å². The van der Waals surface area contributed by atoms with Gasteiger partial charge >= 0.3 is 103 Å². The van der Waals surface area contributed by atoms with E-state index in [0.717, 1.165) is 66.1 Å². The smallest absolute Gasteiger partial charge is 1.00 e. The Bertz CT molecular complexity index is 3540. The molecule has 0 radical (unpaired) electrons. The van der Waals surface area contributed by atoms with Crippen LogP contribution < -0.4 is 108 Å². The number of fused-ring (bicyclic) bond motifs is 12. The second kappa shape index (κ2) is 20.2. The number of hydrogen-bond acceptors (Lipinski definition) is 7. The van der Waals surface area contributed by atoms with Crippen molar-refractivity contribution in [2.24, 2.45) is 0 Å². The molecular weight excluding hydrogens is 1030 g/mol. The SMILES string of the molecule is CC1(C)c2cc(-c3ccc(Cl)cc3F)c(O)cc2-c2cc(O)c(-c3ccc(Cl)cc3F)cc21.CC1(C)c2cc3c(cc2-c2cc4oc5cc(Cl)ccc5c4cc21)oc1cc(Cl)ccc13.O=CO[O-].[H-].[K+].[K+]. The topological polar surface area (TPSA) is 116 Å². The van der Waals surface area contributed by atoms with Gasteiger partial charge in [-0.1, -0.05) is 74.1 Å². The van der Waals surface area contributed by atoms with Gasteiger partial charge in [0.15, 0.2) is 0 Å². The van der Waals surface area contributed by atoms with Crippen molar-refractivity contribution >= 4 is 96.8 Å². The molecule has 0 bridgehead atoms. The van der Waals surface area contributed by atoms with Crippen LogP contribution in [0.3, 0.4) is 0 Å². The standard InChI is InChI=1S/C27H18Cl2F2O2.C27H16Cl2O2.CH2O3.2K.H/c1-27(2)21-9-19(15-5-3-13(28)7-23(15)30)25(32)11-17(21)18-12-26(33)20(10-22(18)27)16-6-4-14(29)8-24(16)31;1-27(2)21-9-19-15-5-3-13(28)7-23(15)30-25(19)11-17(21)18-12-26-20(10-22(18)27)16-6-4-14(29)8-24(16)31-26;2-1-4-3;;;/h3-12,32-33H,1-2H3;3-12H,1-2H3;1,3H;;;/q;;;2*+1;-1/p-1. The Kier molecular flexibility index (Phi) is 15.3. The first kappa shape index (κ1) is 53.0. The largest absolute Gasteiger partial charge is 1.00 e. The van der Waals surface area contributed by atoms with E-state index in [2.05, 4.69) is 43.0 Å². The van der Waals surface area contributed by atoms with Crippen LogP contribution in [0.1, 0.15) is 51.4 Å². The minimum Gasteiger partial charge on any atom is -1.00 e. The summed E-state index contributed by atoms with van der Waals surface area (Å²) in [6.45, 7) is 8.38. The van der Waals surface area contributed by atoms with Gasteiger partial charge in [-0.3, -0.25) is 4.79 Å². The van der Waals surface area contributed by atoms with Crippen LogP contribution in [0.15, 0.2) is 130 Å². The Hall–Kier alpha value is -3.32. The third-order valence-electron chi connectivity index (χ3n) is 13.2. The van der Waals surface area contributed by atoms with Crippen LogP contribution in [0, 0.1) is 11.6 Å². The molecule has 15 heteroatoms. The fraction of sp³-hybridized carbons (Fsp3) is 0.109. The molecule has 70 heavy (non-hydrogen) atoms. The fourth-order valence-corrected chi connectivity index (χ4v) is 10.5. The Morgan fingerprint density at radius 2 is 0.786 bits per heavy atom. The zero-order chi connectivity index (χ0) is 48.1. The zero-order valence-electron chi connectivity index (χ0n) is 39.3. The Balaban J connectivity index is 0.000000187. The van der Waals surface area contributed by atoms with Crippen LogP contribution >= 0.6 is 46.4 Å². The number of aromatic hydroxyl groups is 2. The number of carbonyl (C=O) groups excluding carboxylic acids is 1. The molecule has 0 saturated carbocycles. The molecule has 2 heterocycles. The second-order valence-corrected chi connectivity index (χ2v) is 19.5. The second-order valence-electron chi connectivity index (χ2n) is 17.8. The number of hydrogen-bond donors (Lipinski definition) is 2. The Labute approximate surface area is 506 Å². The van der Waals surface area contributed by atoms with Crippen LogP contribution in [-0.2, 0) is 20.5 Å². The van der Waals surface area contributed by atoms with Crippen LogP contribution in [0.5, 0.6) is 11.5 Å². The van der Waals surface area contributed by atoms with Crippen LogP contribution in [0.4, 0.5) is 8.78 Å². The third-order valence-corrected chi connectivity index (χ3v) is 14.1. The molecule has 0 aliphatic heterocycles. The fourth-order valence-electron chi connectivity index (χ4n) is 9.87. The summed E-state index contributed by atoms with van der Waals surface area (Å²) in [5, 5.41) is 36.3. The van der Waals surface area contributed by atoms with Gasteiger partial charge in [0.25, 0.3) is 6.47 Å². The molecule has 0 fully saturated rings. The summed E-state index contributed by atoms with van der Waals surface area (Å²) in [4.78, 5) is 11.2. The van der Waals surface area contributed by atoms with Gasteiger partial charge in [0.2, 0.25) is 0 Å². The van der Waals surface area contributed by atoms with Gasteiger partial charge in [-0.15, -0.1) is 0 Å². The quantitative estimate of drug-likeness (QED) is 0.0784. The maximum absolute atomic E-state index is 14.6. The van der Waals surface area contributed by atoms with E-state index in [4.69, 9.17) is 65.3 Å². The minimum absolute atomic E-state index is 0. The summed E-state index contributed by atoms with van der Waals surface area (Å²) in [5.41, 5.74) is 12.0. The van der Waals surface area contributed by atoms with Crippen molar-refractivity contribution < 1.29 is 147 Å². The number of furan rings is 2. The molecule has 0 spiro atoms. The van der Waals surface area contributed by atoms with E-state index in [9.17, 15) is 19.0 Å². The summed E-state index contributed by atoms with van der Waals surface area (Å²) >= 11 is 24.1. The van der Waals surface area contributed by atoms with E-state index in [1.807, 2.05) is 50.2 Å². The molecule has 0 amide bonds. The van der Waals surface area contributed by atoms with Crippen molar-refractivity contribution in [1.82, 2.24) is 0 Å². The Morgan fingerprint density at radius 1 is 0.471 bits per heavy atom. The molecule has 7 nitrogen and oxygen atoms in total. The van der Waals surface area contributed by atoms with Crippen molar-refractivity contribution in [3.8, 4) is 56.0 Å². The maximum Gasteiger partial charge on any atom is 1.00 e. The van der Waals surface area contributed by atoms with E-state index in [1.165, 1.54) is 46.5 Å². The first-order valence-electron chi connectivity index (χ1n) is 21.1. The molecular formula is C55H36Cl4F2K2O7. The first-order valence-corrected chi connectivity index (χ1v) is 22.6. The van der Waals surface area contributed by atoms with Gasteiger partial charge in [0.05, 0.1) is 0 Å². The predicted octanol–water partition coefficient (Wildman–Crippen LogP) is 9.98. The van der Waals surface area contributed by atoms with Crippen molar-refractivity contribution in [2.75, 3.05) is 0 Å². The molecule has 8 aromatic carbocycles. The number of halogens is 6. The van der Waals surface area contributed by atoms with Gasteiger partial charge in [-0.05, 0) is 154 Å². The molecule has 2 aliphatic rings. The average Bonchev–Trinajstić information content (AvgIpc) is 3.95. The molecule has 10 aromatic rings. The average molecular weight is 1070 g/mol. The number of phenols is 2. The molecule has 0 atom stereocenters. The molecule has 2 aromatic heterocycles. The minimum atomic E-state index is -0.554. The summed E-state index contributed by atoms with van der Waals surface area (Å²) in [5.74, 6) is -1.26. The number of rotatable bonds is 3. The van der Waals surface area contributed by atoms with Crippen molar-refractivity contribution in [3.05, 3.63) is 175 Å². The molecule has 342 valence electrons. The van der Waals surface area contributed by atoms with Gasteiger partial charge in [0.1, 0.15) is 45.5 Å². The predicted molar refractivity (Wildman–Crippen MR) is 265 cm³/mol. The summed E-state index contributed by atoms with van der Waals surface area (Å²) in [7, 11) is 0. The molecule has 2 aliphatic carbocycles. The van der Waals surface area contributed by atoms with Crippen molar-refractivity contribution in [1.29, 1.82) is 0 Å². The van der Waals surface area contributed by atoms with E-state index < -0.39 is 17.0 Å². The van der Waals surface area contributed by atoms with Crippen LogP contribution in [-0.4, -0.2) is 16.7 Å². The number of benzene rings is 8. The van der Waals surface area contributed by atoms with Crippen molar-refractivity contribution in [3.63, 3.8) is 0 Å². The number of carbonyl (C=O) groups is 1.